The number of hydrogen-bond acceptors (Lipinski definition) is 2. The van der Waals surface area contributed by atoms with E-state index in [0.717, 1.165) is 15.8 Å². The topological polar surface area (TPSA) is 20.2 Å². The van der Waals surface area contributed by atoms with Crippen molar-refractivity contribution in [2.24, 2.45) is 0 Å². The van der Waals surface area contributed by atoms with Gasteiger partial charge in [-0.05, 0) is 40.1 Å². The minimum absolute atomic E-state index is 0.499. The lowest BCUT2D eigenvalue weighted by Crippen LogP contribution is -2.01. The third-order valence-corrected chi connectivity index (χ3v) is 4.40. The van der Waals surface area contributed by atoms with E-state index in [1.165, 1.54) is 5.39 Å². The Labute approximate surface area is 121 Å². The van der Waals surface area contributed by atoms with Gasteiger partial charge in [-0.1, -0.05) is 41.9 Å². The molecule has 1 aromatic heterocycles. The molecule has 0 spiro atoms. The van der Waals surface area contributed by atoms with Gasteiger partial charge in [0.25, 0.3) is 0 Å². The molecule has 3 rings (SSSR count). The molecule has 0 fully saturated rings. The van der Waals surface area contributed by atoms with Crippen LogP contribution in [0.15, 0.2) is 53.9 Å². The number of aliphatic hydroxyl groups excluding tert-OH is 1. The van der Waals surface area contributed by atoms with Crippen molar-refractivity contribution in [3.05, 3.63) is 70.1 Å². The van der Waals surface area contributed by atoms with Crippen LogP contribution in [-0.2, 0) is 6.42 Å². The van der Waals surface area contributed by atoms with Gasteiger partial charge in [0, 0.05) is 16.1 Å². The number of rotatable bonds is 3. The molecule has 0 radical (unpaired) electrons. The first kappa shape index (κ1) is 12.7. The van der Waals surface area contributed by atoms with Crippen LogP contribution < -0.4 is 0 Å². The maximum atomic E-state index is 10.4. The fourth-order valence-electron chi connectivity index (χ4n) is 2.28. The maximum absolute atomic E-state index is 10.4. The predicted molar refractivity (Wildman–Crippen MR) is 81.9 cm³/mol. The van der Waals surface area contributed by atoms with Crippen LogP contribution in [0.2, 0.25) is 5.02 Å². The number of thiophene rings is 1. The van der Waals surface area contributed by atoms with Crippen LogP contribution in [0.4, 0.5) is 0 Å². The Morgan fingerprint density at radius 2 is 1.95 bits per heavy atom. The molecule has 0 aliphatic rings. The second-order valence-electron chi connectivity index (χ2n) is 4.54. The van der Waals surface area contributed by atoms with E-state index in [2.05, 4.69) is 17.5 Å². The first-order chi connectivity index (χ1) is 9.24. The van der Waals surface area contributed by atoms with Crippen molar-refractivity contribution in [3.8, 4) is 0 Å². The first-order valence-electron chi connectivity index (χ1n) is 6.12. The molecule has 2 aromatic carbocycles. The highest BCUT2D eigenvalue weighted by molar-refractivity contribution is 7.17. The lowest BCUT2D eigenvalue weighted by atomic mass is 10.0. The van der Waals surface area contributed by atoms with E-state index in [1.807, 2.05) is 36.4 Å². The van der Waals surface area contributed by atoms with Crippen molar-refractivity contribution in [1.82, 2.24) is 0 Å². The van der Waals surface area contributed by atoms with Crippen molar-refractivity contribution in [1.29, 1.82) is 0 Å². The minimum atomic E-state index is -0.499. The van der Waals surface area contributed by atoms with Crippen molar-refractivity contribution in [2.75, 3.05) is 0 Å². The van der Waals surface area contributed by atoms with Crippen LogP contribution in [0, 0.1) is 0 Å². The van der Waals surface area contributed by atoms with Gasteiger partial charge in [0.1, 0.15) is 0 Å². The van der Waals surface area contributed by atoms with Crippen LogP contribution in [0.5, 0.6) is 0 Å². The Balaban J connectivity index is 1.91. The van der Waals surface area contributed by atoms with Gasteiger partial charge in [-0.25, -0.2) is 0 Å². The summed E-state index contributed by atoms with van der Waals surface area (Å²) >= 11 is 7.64. The lowest BCUT2D eigenvalue weighted by molar-refractivity contribution is 0.180. The average Bonchev–Trinajstić information content (AvgIpc) is 2.86. The van der Waals surface area contributed by atoms with Gasteiger partial charge in [0.15, 0.2) is 0 Å². The molecule has 1 nitrogen and oxygen atoms in total. The molecule has 1 atom stereocenters. The molecular formula is C16H13ClOS. The number of halogens is 1. The zero-order valence-corrected chi connectivity index (χ0v) is 11.8. The standard InChI is InChI=1S/C16H13ClOS/c17-13-5-1-3-11(9-13)10-15(18)14-6-2-4-12-7-8-19-16(12)14/h1-9,15,18H,10H2. The van der Waals surface area contributed by atoms with Gasteiger partial charge in [-0.15, -0.1) is 11.3 Å². The van der Waals surface area contributed by atoms with E-state index in [0.29, 0.717) is 11.4 Å². The number of hydrogen-bond donors (Lipinski definition) is 1. The summed E-state index contributed by atoms with van der Waals surface area (Å²) in [6.07, 6.45) is 0.0817. The average molecular weight is 289 g/mol. The third-order valence-electron chi connectivity index (χ3n) is 3.19. The van der Waals surface area contributed by atoms with Crippen molar-refractivity contribution in [3.63, 3.8) is 0 Å². The van der Waals surface area contributed by atoms with E-state index in [1.54, 1.807) is 11.3 Å². The van der Waals surface area contributed by atoms with Gasteiger partial charge in [0.05, 0.1) is 6.10 Å². The summed E-state index contributed by atoms with van der Waals surface area (Å²) in [7, 11) is 0. The molecule has 0 amide bonds. The van der Waals surface area contributed by atoms with Crippen molar-refractivity contribution < 1.29 is 5.11 Å². The van der Waals surface area contributed by atoms with Crippen LogP contribution in [0.3, 0.4) is 0 Å². The Morgan fingerprint density at radius 3 is 2.79 bits per heavy atom. The van der Waals surface area contributed by atoms with E-state index in [4.69, 9.17) is 11.6 Å². The zero-order chi connectivity index (χ0) is 13.2. The Kier molecular flexibility index (Phi) is 3.56. The highest BCUT2D eigenvalue weighted by atomic mass is 35.5. The molecule has 1 unspecified atom stereocenters. The van der Waals surface area contributed by atoms with E-state index in [-0.39, 0.29) is 0 Å². The van der Waals surface area contributed by atoms with E-state index < -0.39 is 6.10 Å². The third kappa shape index (κ3) is 2.66. The molecule has 3 heteroatoms. The molecule has 0 aliphatic carbocycles. The largest absolute Gasteiger partial charge is 0.388 e. The normalized spacial score (nSPS) is 12.7. The van der Waals surface area contributed by atoms with E-state index in [9.17, 15) is 5.11 Å². The fraction of sp³-hybridized carbons (Fsp3) is 0.125. The van der Waals surface area contributed by atoms with Gasteiger partial charge < -0.3 is 5.11 Å². The molecule has 1 N–H and O–H groups in total. The molecule has 3 aromatic rings. The van der Waals surface area contributed by atoms with Gasteiger partial charge >= 0.3 is 0 Å². The summed E-state index contributed by atoms with van der Waals surface area (Å²) in [4.78, 5) is 0. The number of fused-ring (bicyclic) bond motifs is 1. The summed E-state index contributed by atoms with van der Waals surface area (Å²) < 4.78 is 1.16. The Morgan fingerprint density at radius 1 is 1.11 bits per heavy atom. The van der Waals surface area contributed by atoms with Gasteiger partial charge in [-0.2, -0.15) is 0 Å². The summed E-state index contributed by atoms with van der Waals surface area (Å²) in [6.45, 7) is 0. The SMILES string of the molecule is OC(Cc1cccc(Cl)c1)c1cccc2ccsc12. The van der Waals surface area contributed by atoms with Crippen LogP contribution in [0.25, 0.3) is 10.1 Å². The van der Waals surface area contributed by atoms with Gasteiger partial charge in [0.2, 0.25) is 0 Å². The second kappa shape index (κ2) is 5.33. The van der Waals surface area contributed by atoms with Crippen LogP contribution in [-0.4, -0.2) is 5.11 Å². The minimum Gasteiger partial charge on any atom is -0.388 e. The molecule has 0 saturated heterocycles. The molecule has 0 aliphatic heterocycles. The second-order valence-corrected chi connectivity index (χ2v) is 5.89. The molecule has 19 heavy (non-hydrogen) atoms. The summed E-state index contributed by atoms with van der Waals surface area (Å²) in [6, 6.07) is 15.8. The fourth-order valence-corrected chi connectivity index (χ4v) is 3.45. The highest BCUT2D eigenvalue weighted by Crippen LogP contribution is 2.30. The Hall–Kier alpha value is -1.35. The molecule has 96 valence electrons. The van der Waals surface area contributed by atoms with Gasteiger partial charge in [-0.3, -0.25) is 0 Å². The van der Waals surface area contributed by atoms with E-state index >= 15 is 0 Å². The zero-order valence-electron chi connectivity index (χ0n) is 10.2. The smallest absolute Gasteiger partial charge is 0.0844 e. The van der Waals surface area contributed by atoms with Crippen molar-refractivity contribution >= 4 is 33.0 Å². The first-order valence-corrected chi connectivity index (χ1v) is 7.38. The lowest BCUT2D eigenvalue weighted by Gasteiger charge is -2.12. The Bertz CT molecular complexity index is 705. The molecule has 0 bridgehead atoms. The number of benzene rings is 2. The summed E-state index contributed by atoms with van der Waals surface area (Å²) in [5, 5.41) is 14.4. The predicted octanol–water partition coefficient (Wildman–Crippen LogP) is 4.83. The quantitative estimate of drug-likeness (QED) is 0.732. The number of aliphatic hydroxyl groups is 1. The molecule has 0 saturated carbocycles. The van der Waals surface area contributed by atoms with Crippen LogP contribution in [0.1, 0.15) is 17.2 Å². The molecule has 1 heterocycles. The van der Waals surface area contributed by atoms with Crippen LogP contribution >= 0.6 is 22.9 Å². The highest BCUT2D eigenvalue weighted by Gasteiger charge is 2.12. The monoisotopic (exact) mass is 288 g/mol. The summed E-state index contributed by atoms with van der Waals surface area (Å²) in [5.74, 6) is 0. The maximum Gasteiger partial charge on any atom is 0.0844 e. The van der Waals surface area contributed by atoms with Crippen molar-refractivity contribution in [2.45, 2.75) is 12.5 Å². The molecular weight excluding hydrogens is 276 g/mol. The summed E-state index contributed by atoms with van der Waals surface area (Å²) in [5.41, 5.74) is 2.04.